The number of nitrogens with one attached hydrogen (secondary N) is 1. The maximum atomic E-state index is 12.5. The zero-order valence-electron chi connectivity index (χ0n) is 10.1. The number of halogens is 3. The summed E-state index contributed by atoms with van der Waals surface area (Å²) in [5, 5.41) is 7.96. The number of alkyl halides is 3. The SMILES string of the molecule is FC(F)(F)c1csc(Sc2n[nH]c(-c3ccncc3)n2)n1. The molecule has 0 aliphatic rings. The summed E-state index contributed by atoms with van der Waals surface area (Å²) in [6, 6.07) is 3.50. The summed E-state index contributed by atoms with van der Waals surface area (Å²) in [5.41, 5.74) is -0.112. The van der Waals surface area contributed by atoms with Crippen LogP contribution >= 0.6 is 23.1 Å². The van der Waals surface area contributed by atoms with Gasteiger partial charge in [-0.15, -0.1) is 16.4 Å². The molecule has 0 aromatic carbocycles. The molecule has 3 aromatic rings. The topological polar surface area (TPSA) is 67.3 Å². The Morgan fingerprint density at radius 3 is 2.57 bits per heavy atom. The van der Waals surface area contributed by atoms with Gasteiger partial charge in [-0.1, -0.05) is 0 Å². The summed E-state index contributed by atoms with van der Waals surface area (Å²) >= 11 is 1.88. The van der Waals surface area contributed by atoms with Gasteiger partial charge in [0.1, 0.15) is 0 Å². The van der Waals surface area contributed by atoms with Gasteiger partial charge in [0.25, 0.3) is 0 Å². The second-order valence-corrected chi connectivity index (χ2v) is 5.87. The molecule has 0 radical (unpaired) electrons. The zero-order valence-corrected chi connectivity index (χ0v) is 11.8. The molecule has 0 atom stereocenters. The Hall–Kier alpha value is -1.94. The van der Waals surface area contributed by atoms with Gasteiger partial charge >= 0.3 is 6.18 Å². The summed E-state index contributed by atoms with van der Waals surface area (Å²) in [7, 11) is 0. The van der Waals surface area contributed by atoms with E-state index in [1.54, 1.807) is 24.5 Å². The second-order valence-electron chi connectivity index (χ2n) is 3.80. The fraction of sp³-hybridized carbons (Fsp3) is 0.0909. The highest BCUT2D eigenvalue weighted by Gasteiger charge is 2.33. The van der Waals surface area contributed by atoms with Crippen molar-refractivity contribution in [3.8, 4) is 11.4 Å². The van der Waals surface area contributed by atoms with Gasteiger partial charge < -0.3 is 0 Å². The van der Waals surface area contributed by atoms with E-state index >= 15 is 0 Å². The van der Waals surface area contributed by atoms with E-state index < -0.39 is 11.9 Å². The minimum atomic E-state index is -4.43. The monoisotopic (exact) mass is 329 g/mol. The van der Waals surface area contributed by atoms with E-state index in [1.165, 1.54) is 0 Å². The molecule has 21 heavy (non-hydrogen) atoms. The lowest BCUT2D eigenvalue weighted by molar-refractivity contribution is -0.141. The van der Waals surface area contributed by atoms with Gasteiger partial charge in [-0.2, -0.15) is 13.2 Å². The van der Waals surface area contributed by atoms with E-state index in [9.17, 15) is 13.2 Å². The van der Waals surface area contributed by atoms with E-state index in [0.717, 1.165) is 34.0 Å². The number of aromatic amines is 1. The second kappa shape index (κ2) is 5.45. The van der Waals surface area contributed by atoms with Crippen molar-refractivity contribution in [3.63, 3.8) is 0 Å². The number of hydrogen-bond donors (Lipinski definition) is 1. The van der Waals surface area contributed by atoms with E-state index in [-0.39, 0.29) is 4.34 Å². The van der Waals surface area contributed by atoms with Gasteiger partial charge in [0, 0.05) is 23.3 Å². The van der Waals surface area contributed by atoms with E-state index in [0.29, 0.717) is 11.0 Å². The van der Waals surface area contributed by atoms with Crippen LogP contribution in [0.4, 0.5) is 13.2 Å². The number of pyridine rings is 1. The van der Waals surface area contributed by atoms with Crippen molar-refractivity contribution < 1.29 is 13.2 Å². The summed E-state index contributed by atoms with van der Waals surface area (Å²) in [6.07, 6.45) is -1.21. The van der Waals surface area contributed by atoms with Crippen LogP contribution in [0.5, 0.6) is 0 Å². The van der Waals surface area contributed by atoms with E-state index in [2.05, 4.69) is 25.1 Å². The zero-order chi connectivity index (χ0) is 14.9. The molecule has 0 amide bonds. The van der Waals surface area contributed by atoms with Crippen LogP contribution in [0.1, 0.15) is 5.69 Å². The van der Waals surface area contributed by atoms with Crippen LogP contribution in [-0.2, 0) is 6.18 Å². The van der Waals surface area contributed by atoms with Crippen LogP contribution in [0.3, 0.4) is 0 Å². The number of hydrogen-bond acceptors (Lipinski definition) is 6. The normalized spacial score (nSPS) is 11.8. The standard InChI is InChI=1S/C11H6F3N5S2/c12-11(13,14)7-5-20-10(16-7)21-9-17-8(18-19-9)6-1-3-15-4-2-6/h1-5H,(H,17,18,19). The van der Waals surface area contributed by atoms with Crippen molar-refractivity contribution in [1.82, 2.24) is 25.1 Å². The smallest absolute Gasteiger partial charge is 0.265 e. The molecule has 0 aliphatic heterocycles. The van der Waals surface area contributed by atoms with E-state index in [4.69, 9.17) is 0 Å². The summed E-state index contributed by atoms with van der Waals surface area (Å²) in [6.45, 7) is 0. The van der Waals surface area contributed by atoms with Crippen LogP contribution in [0.25, 0.3) is 11.4 Å². The highest BCUT2D eigenvalue weighted by molar-refractivity contribution is 8.00. The third-order valence-corrected chi connectivity index (χ3v) is 4.17. The van der Waals surface area contributed by atoms with Crippen LogP contribution < -0.4 is 0 Å². The lowest BCUT2D eigenvalue weighted by atomic mass is 10.3. The molecule has 5 nitrogen and oxygen atoms in total. The minimum Gasteiger partial charge on any atom is -0.265 e. The maximum absolute atomic E-state index is 12.5. The molecule has 3 heterocycles. The van der Waals surface area contributed by atoms with Gasteiger partial charge in [0.15, 0.2) is 15.9 Å². The summed E-state index contributed by atoms with van der Waals surface area (Å²) < 4.78 is 37.6. The van der Waals surface area contributed by atoms with Gasteiger partial charge in [-0.25, -0.2) is 9.97 Å². The third kappa shape index (κ3) is 3.22. The molecule has 0 bridgehead atoms. The largest absolute Gasteiger partial charge is 0.434 e. The highest BCUT2D eigenvalue weighted by atomic mass is 32.2. The molecule has 3 rings (SSSR count). The predicted octanol–water partition coefficient (Wildman–Crippen LogP) is 3.49. The molecule has 0 spiro atoms. The highest BCUT2D eigenvalue weighted by Crippen LogP contribution is 2.35. The molecule has 0 unspecified atom stereocenters. The number of thiazole rings is 1. The molecule has 3 aromatic heterocycles. The quantitative estimate of drug-likeness (QED) is 0.796. The first-order valence-corrected chi connectivity index (χ1v) is 7.25. The molecular formula is C11H6F3N5S2. The number of nitrogens with zero attached hydrogens (tertiary/aromatic N) is 4. The van der Waals surface area contributed by atoms with Crippen molar-refractivity contribution in [2.75, 3.05) is 0 Å². The van der Waals surface area contributed by atoms with Crippen LogP contribution in [0.15, 0.2) is 39.4 Å². The Bertz CT molecular complexity index is 738. The van der Waals surface area contributed by atoms with Crippen molar-refractivity contribution in [3.05, 3.63) is 35.6 Å². The molecule has 0 fully saturated rings. The fourth-order valence-corrected chi connectivity index (χ4v) is 3.08. The fourth-order valence-electron chi connectivity index (χ4n) is 1.44. The first kappa shape index (κ1) is 14.0. The number of rotatable bonds is 3. The number of aromatic nitrogens is 5. The molecule has 0 saturated carbocycles. The Labute approximate surface area is 124 Å². The lowest BCUT2D eigenvalue weighted by Gasteiger charge is -1.99. The molecule has 0 aliphatic carbocycles. The summed E-state index contributed by atoms with van der Waals surface area (Å²) in [5.74, 6) is 0.521. The van der Waals surface area contributed by atoms with Crippen molar-refractivity contribution in [2.45, 2.75) is 15.7 Å². The van der Waals surface area contributed by atoms with Crippen LogP contribution in [-0.4, -0.2) is 25.1 Å². The Morgan fingerprint density at radius 1 is 1.14 bits per heavy atom. The van der Waals surface area contributed by atoms with Gasteiger partial charge in [-0.05, 0) is 23.9 Å². The van der Waals surface area contributed by atoms with Crippen molar-refractivity contribution in [2.24, 2.45) is 0 Å². The van der Waals surface area contributed by atoms with Crippen LogP contribution in [0, 0.1) is 0 Å². The molecular weight excluding hydrogens is 323 g/mol. The number of H-pyrrole nitrogens is 1. The first-order chi connectivity index (χ1) is 10.0. The Kier molecular flexibility index (Phi) is 3.64. The molecule has 108 valence electrons. The third-order valence-electron chi connectivity index (χ3n) is 2.37. The van der Waals surface area contributed by atoms with Gasteiger partial charge in [0.05, 0.1) is 0 Å². The molecule has 0 saturated heterocycles. The Morgan fingerprint density at radius 2 is 1.90 bits per heavy atom. The average molecular weight is 329 g/mol. The lowest BCUT2D eigenvalue weighted by Crippen LogP contribution is -2.04. The van der Waals surface area contributed by atoms with E-state index in [1.807, 2.05) is 0 Å². The average Bonchev–Trinajstić information content (AvgIpc) is 3.09. The maximum Gasteiger partial charge on any atom is 0.434 e. The molecule has 1 N–H and O–H groups in total. The van der Waals surface area contributed by atoms with Crippen molar-refractivity contribution in [1.29, 1.82) is 0 Å². The Balaban J connectivity index is 1.77. The van der Waals surface area contributed by atoms with Crippen molar-refractivity contribution >= 4 is 23.1 Å². The van der Waals surface area contributed by atoms with Gasteiger partial charge in [-0.3, -0.25) is 10.1 Å². The first-order valence-electron chi connectivity index (χ1n) is 5.56. The predicted molar refractivity (Wildman–Crippen MR) is 70.9 cm³/mol. The van der Waals surface area contributed by atoms with Gasteiger partial charge in [0.2, 0.25) is 5.16 Å². The summed E-state index contributed by atoms with van der Waals surface area (Å²) in [4.78, 5) is 11.6. The molecule has 10 heteroatoms. The minimum absolute atomic E-state index is 0.239. The van der Waals surface area contributed by atoms with Crippen LogP contribution in [0.2, 0.25) is 0 Å².